The summed E-state index contributed by atoms with van der Waals surface area (Å²) in [6, 6.07) is 5.32. The molecule has 1 rings (SSSR count). The summed E-state index contributed by atoms with van der Waals surface area (Å²) in [6.07, 6.45) is 0.826. The number of nitrogen functional groups attached to an aromatic ring is 1. The van der Waals surface area contributed by atoms with Gasteiger partial charge in [-0.1, -0.05) is 39.4 Å². The molecule has 0 spiro atoms. The first-order valence-electron chi connectivity index (χ1n) is 3.83. The average Bonchev–Trinajstić information content (AvgIpc) is 2.03. The zero-order valence-electron chi connectivity index (χ0n) is 6.98. The van der Waals surface area contributed by atoms with E-state index in [-0.39, 0.29) is 0 Å². The smallest absolute Gasteiger partial charge is 0.0438 e. The molecule has 0 aliphatic rings. The fourth-order valence-electron chi connectivity index (χ4n) is 0.896. The average molecular weight is 259 g/mol. The number of halogens is 2. The quantitative estimate of drug-likeness (QED) is 0.468. The maximum absolute atomic E-state index is 5.81. The van der Waals surface area contributed by atoms with Crippen LogP contribution < -0.4 is 5.73 Å². The minimum Gasteiger partial charge on any atom is -0.399 e. The molecule has 68 valence electrons. The second-order valence-corrected chi connectivity index (χ2v) is 3.74. The van der Waals surface area contributed by atoms with Crippen molar-refractivity contribution in [1.29, 1.82) is 0 Å². The van der Waals surface area contributed by atoms with Gasteiger partial charge in [0, 0.05) is 28.0 Å². The first-order valence-corrected chi connectivity index (χ1v) is 5.33. The van der Waals surface area contributed by atoms with E-state index in [9.17, 15) is 0 Å². The molecule has 13 heavy (non-hydrogen) atoms. The van der Waals surface area contributed by atoms with Crippen LogP contribution in [0.4, 0.5) is 5.69 Å². The van der Waals surface area contributed by atoms with E-state index in [0.29, 0.717) is 10.7 Å². The van der Waals surface area contributed by atoms with Crippen molar-refractivity contribution >= 4 is 33.2 Å². The lowest BCUT2D eigenvalue weighted by Crippen LogP contribution is -1.85. The third-order valence-corrected chi connectivity index (χ3v) is 1.99. The highest BCUT2D eigenvalue weighted by Gasteiger charge is 1.93. The Labute approximate surface area is 91.4 Å². The molecule has 0 unspecified atom stereocenters. The third kappa shape index (κ3) is 3.71. The fourth-order valence-corrected chi connectivity index (χ4v) is 1.34. The number of hydrogen-bond donors (Lipinski definition) is 1. The molecule has 1 aromatic carbocycles. The van der Waals surface area contributed by atoms with Gasteiger partial charge in [0.05, 0.1) is 0 Å². The van der Waals surface area contributed by atoms with Crippen LogP contribution in [0.1, 0.15) is 12.0 Å². The van der Waals surface area contributed by atoms with E-state index in [1.165, 1.54) is 0 Å². The van der Waals surface area contributed by atoms with E-state index >= 15 is 0 Å². The number of benzene rings is 1. The molecule has 1 nitrogen and oxygen atoms in total. The van der Waals surface area contributed by atoms with E-state index < -0.39 is 0 Å². The molecule has 0 atom stereocenters. The van der Waals surface area contributed by atoms with Gasteiger partial charge in [0.25, 0.3) is 0 Å². The highest BCUT2D eigenvalue weighted by Crippen LogP contribution is 2.15. The Morgan fingerprint density at radius 2 is 2.15 bits per heavy atom. The Bertz CT molecular complexity index is 331. The Balaban J connectivity index is 2.85. The number of alkyl halides is 1. The lowest BCUT2D eigenvalue weighted by atomic mass is 10.2. The topological polar surface area (TPSA) is 26.0 Å². The van der Waals surface area contributed by atoms with Gasteiger partial charge in [0.15, 0.2) is 0 Å². The molecule has 0 bridgehead atoms. The van der Waals surface area contributed by atoms with Crippen LogP contribution in [0.25, 0.3) is 0 Å². The molecule has 2 N–H and O–H groups in total. The first kappa shape index (κ1) is 10.4. The minimum absolute atomic E-state index is 0.628. The number of nitrogens with two attached hydrogens (primary N) is 1. The summed E-state index contributed by atoms with van der Waals surface area (Å²) < 4.78 is 0. The van der Waals surface area contributed by atoms with Crippen molar-refractivity contribution in [3.63, 3.8) is 0 Å². The zero-order valence-corrected chi connectivity index (χ0v) is 9.32. The van der Waals surface area contributed by atoms with Gasteiger partial charge in [-0.3, -0.25) is 0 Å². The summed E-state index contributed by atoms with van der Waals surface area (Å²) in [5.74, 6) is 5.98. The molecular formula is C10H9BrClN. The van der Waals surface area contributed by atoms with E-state index in [4.69, 9.17) is 17.3 Å². The Kier molecular flexibility index (Phi) is 4.14. The van der Waals surface area contributed by atoms with E-state index in [0.717, 1.165) is 17.3 Å². The van der Waals surface area contributed by atoms with Crippen molar-refractivity contribution in [2.24, 2.45) is 0 Å². The lowest BCUT2D eigenvalue weighted by Gasteiger charge is -1.95. The molecule has 0 fully saturated rings. The van der Waals surface area contributed by atoms with Crippen LogP contribution in [0, 0.1) is 11.8 Å². The molecule has 1 aromatic rings. The summed E-state index contributed by atoms with van der Waals surface area (Å²) >= 11 is 9.10. The predicted molar refractivity (Wildman–Crippen MR) is 61.2 cm³/mol. The van der Waals surface area contributed by atoms with Crippen molar-refractivity contribution in [2.75, 3.05) is 11.1 Å². The normalized spacial score (nSPS) is 9.08. The minimum atomic E-state index is 0.628. The van der Waals surface area contributed by atoms with Gasteiger partial charge < -0.3 is 5.73 Å². The first-order chi connectivity index (χ1) is 6.22. The molecule has 0 saturated heterocycles. The van der Waals surface area contributed by atoms with Crippen molar-refractivity contribution in [2.45, 2.75) is 6.42 Å². The Morgan fingerprint density at radius 3 is 2.77 bits per heavy atom. The highest BCUT2D eigenvalue weighted by atomic mass is 79.9. The standard InChI is InChI=1S/C10H9BrClN/c11-4-2-1-3-8-5-9(12)7-10(13)6-8/h5-7H,2,4,13H2. The molecule has 0 saturated carbocycles. The van der Waals surface area contributed by atoms with Crippen molar-refractivity contribution in [1.82, 2.24) is 0 Å². The van der Waals surface area contributed by atoms with Gasteiger partial charge >= 0.3 is 0 Å². The number of anilines is 1. The van der Waals surface area contributed by atoms with Crippen molar-refractivity contribution in [3.05, 3.63) is 28.8 Å². The van der Waals surface area contributed by atoms with Crippen LogP contribution in [0.5, 0.6) is 0 Å². The van der Waals surface area contributed by atoms with Gasteiger partial charge in [-0.15, -0.1) is 0 Å². The summed E-state index contributed by atoms with van der Waals surface area (Å²) in [4.78, 5) is 0. The summed E-state index contributed by atoms with van der Waals surface area (Å²) in [5.41, 5.74) is 7.12. The second kappa shape index (κ2) is 5.16. The highest BCUT2D eigenvalue weighted by molar-refractivity contribution is 9.09. The summed E-state index contributed by atoms with van der Waals surface area (Å²) in [6.45, 7) is 0. The SMILES string of the molecule is Nc1cc(Cl)cc(C#CCCBr)c1. The lowest BCUT2D eigenvalue weighted by molar-refractivity contribution is 1.32. The van der Waals surface area contributed by atoms with Crippen LogP contribution >= 0.6 is 27.5 Å². The van der Waals surface area contributed by atoms with E-state index in [1.807, 2.05) is 6.07 Å². The molecule has 0 aliphatic heterocycles. The maximum Gasteiger partial charge on any atom is 0.0438 e. The molecule has 0 aliphatic carbocycles. The van der Waals surface area contributed by atoms with E-state index in [2.05, 4.69) is 27.8 Å². The van der Waals surface area contributed by atoms with Crippen LogP contribution in [-0.2, 0) is 0 Å². The third-order valence-electron chi connectivity index (χ3n) is 1.37. The van der Waals surface area contributed by atoms with Gasteiger partial charge in [-0.05, 0) is 18.2 Å². The Hall–Kier alpha value is -0.650. The monoisotopic (exact) mass is 257 g/mol. The Morgan fingerprint density at radius 1 is 1.38 bits per heavy atom. The van der Waals surface area contributed by atoms with Gasteiger partial charge in [0.1, 0.15) is 0 Å². The van der Waals surface area contributed by atoms with Gasteiger partial charge in [0.2, 0.25) is 0 Å². The van der Waals surface area contributed by atoms with Gasteiger partial charge in [-0.25, -0.2) is 0 Å². The fraction of sp³-hybridized carbons (Fsp3) is 0.200. The zero-order chi connectivity index (χ0) is 9.68. The molecule has 0 aromatic heterocycles. The molecule has 0 heterocycles. The van der Waals surface area contributed by atoms with Crippen LogP contribution in [-0.4, -0.2) is 5.33 Å². The molecular weight excluding hydrogens is 249 g/mol. The van der Waals surface area contributed by atoms with Crippen molar-refractivity contribution in [3.8, 4) is 11.8 Å². The van der Waals surface area contributed by atoms with Crippen LogP contribution in [0.15, 0.2) is 18.2 Å². The number of rotatable bonds is 1. The summed E-state index contributed by atoms with van der Waals surface area (Å²) in [7, 11) is 0. The maximum atomic E-state index is 5.81. The molecule has 0 amide bonds. The number of hydrogen-bond acceptors (Lipinski definition) is 1. The van der Waals surface area contributed by atoms with Crippen molar-refractivity contribution < 1.29 is 0 Å². The predicted octanol–water partition coefficient (Wildman–Crippen LogP) is 3.06. The van der Waals surface area contributed by atoms with E-state index in [1.54, 1.807) is 12.1 Å². The largest absolute Gasteiger partial charge is 0.399 e. The second-order valence-electron chi connectivity index (χ2n) is 2.51. The molecule has 3 heteroatoms. The van der Waals surface area contributed by atoms with Gasteiger partial charge in [-0.2, -0.15) is 0 Å². The van der Waals surface area contributed by atoms with Crippen LogP contribution in [0.2, 0.25) is 5.02 Å². The summed E-state index contributed by atoms with van der Waals surface area (Å²) in [5, 5.41) is 1.51. The molecule has 0 radical (unpaired) electrons. The van der Waals surface area contributed by atoms with Crippen LogP contribution in [0.3, 0.4) is 0 Å².